The van der Waals surface area contributed by atoms with E-state index < -0.39 is 5.82 Å². The van der Waals surface area contributed by atoms with Crippen molar-refractivity contribution in [2.24, 2.45) is 7.05 Å². The monoisotopic (exact) mass is 325 g/mol. The third-order valence-electron chi connectivity index (χ3n) is 2.71. The minimum Gasteiger partial charge on any atom is -0.337 e. The van der Waals surface area contributed by atoms with E-state index in [1.54, 1.807) is 37.1 Å². The van der Waals surface area contributed by atoms with Gasteiger partial charge in [-0.1, -0.05) is 6.07 Å². The van der Waals surface area contributed by atoms with E-state index in [-0.39, 0.29) is 15.9 Å². The van der Waals surface area contributed by atoms with E-state index in [9.17, 15) is 9.18 Å². The molecule has 0 aliphatic rings. The Balaban J connectivity index is 2.17. The van der Waals surface area contributed by atoms with E-state index in [0.717, 1.165) is 5.56 Å². The zero-order valence-corrected chi connectivity index (χ0v) is 12.2. The SMILES string of the molecule is CN(Cc1cnn(C)c1)C(=O)c1cccc(Br)c1F. The van der Waals surface area contributed by atoms with Crippen molar-refractivity contribution in [3.05, 3.63) is 52.0 Å². The molecule has 1 aromatic carbocycles. The van der Waals surface area contributed by atoms with Gasteiger partial charge in [0.1, 0.15) is 5.82 Å². The third kappa shape index (κ3) is 3.01. The summed E-state index contributed by atoms with van der Waals surface area (Å²) in [5, 5.41) is 4.03. The van der Waals surface area contributed by atoms with E-state index in [1.165, 1.54) is 11.0 Å². The summed E-state index contributed by atoms with van der Waals surface area (Å²) in [5.74, 6) is -0.895. The smallest absolute Gasteiger partial charge is 0.256 e. The zero-order valence-electron chi connectivity index (χ0n) is 10.6. The molecule has 0 bridgehead atoms. The number of nitrogens with zero attached hydrogens (tertiary/aromatic N) is 3. The fraction of sp³-hybridized carbons (Fsp3) is 0.231. The van der Waals surface area contributed by atoms with Gasteiger partial charge in [-0.25, -0.2) is 4.39 Å². The van der Waals surface area contributed by atoms with E-state index in [1.807, 2.05) is 6.20 Å². The largest absolute Gasteiger partial charge is 0.337 e. The number of amides is 1. The molecule has 0 N–H and O–H groups in total. The first-order chi connectivity index (χ1) is 8.99. The number of hydrogen-bond acceptors (Lipinski definition) is 2. The van der Waals surface area contributed by atoms with Crippen molar-refractivity contribution in [3.63, 3.8) is 0 Å². The molecular weight excluding hydrogens is 313 g/mol. The number of aromatic nitrogens is 2. The molecule has 1 heterocycles. The number of carbonyl (C=O) groups excluding carboxylic acids is 1. The van der Waals surface area contributed by atoms with E-state index >= 15 is 0 Å². The Hall–Kier alpha value is -1.69. The topological polar surface area (TPSA) is 38.1 Å². The molecule has 2 aromatic rings. The van der Waals surface area contributed by atoms with Crippen molar-refractivity contribution in [1.29, 1.82) is 0 Å². The van der Waals surface area contributed by atoms with Gasteiger partial charge in [0.2, 0.25) is 0 Å². The summed E-state index contributed by atoms with van der Waals surface area (Å²) in [6.07, 6.45) is 3.50. The average Bonchev–Trinajstić information content (AvgIpc) is 2.77. The van der Waals surface area contributed by atoms with Crippen molar-refractivity contribution in [2.45, 2.75) is 6.54 Å². The predicted octanol–water partition coefficient (Wildman–Crippen LogP) is 2.59. The summed E-state index contributed by atoms with van der Waals surface area (Å²) in [4.78, 5) is 13.6. The summed E-state index contributed by atoms with van der Waals surface area (Å²) in [6, 6.07) is 4.67. The van der Waals surface area contributed by atoms with Crippen molar-refractivity contribution >= 4 is 21.8 Å². The van der Waals surface area contributed by atoms with Gasteiger partial charge < -0.3 is 4.90 Å². The lowest BCUT2D eigenvalue weighted by molar-refractivity contribution is 0.0780. The van der Waals surface area contributed by atoms with Gasteiger partial charge >= 0.3 is 0 Å². The van der Waals surface area contributed by atoms with Crippen LogP contribution in [0.25, 0.3) is 0 Å². The van der Waals surface area contributed by atoms with Crippen LogP contribution in [0.4, 0.5) is 4.39 Å². The number of rotatable bonds is 3. The maximum absolute atomic E-state index is 13.8. The lowest BCUT2D eigenvalue weighted by atomic mass is 10.2. The standard InChI is InChI=1S/C13H13BrFN3O/c1-17(7-9-6-16-18(2)8-9)13(19)10-4-3-5-11(14)12(10)15/h3-6,8H,7H2,1-2H3. The van der Waals surface area contributed by atoms with Crippen LogP contribution in [0, 0.1) is 5.82 Å². The van der Waals surface area contributed by atoms with Gasteiger partial charge in [0.25, 0.3) is 5.91 Å². The van der Waals surface area contributed by atoms with Crippen LogP contribution in [-0.4, -0.2) is 27.6 Å². The molecule has 0 aliphatic heterocycles. The van der Waals surface area contributed by atoms with Crippen molar-refractivity contribution in [3.8, 4) is 0 Å². The second kappa shape index (κ2) is 5.52. The van der Waals surface area contributed by atoms with Crippen LogP contribution in [0.15, 0.2) is 35.1 Å². The molecule has 1 aromatic heterocycles. The maximum atomic E-state index is 13.8. The van der Waals surface area contributed by atoms with Crippen molar-refractivity contribution < 1.29 is 9.18 Å². The number of halogens is 2. The van der Waals surface area contributed by atoms with Crippen LogP contribution in [0.1, 0.15) is 15.9 Å². The molecule has 4 nitrogen and oxygen atoms in total. The highest BCUT2D eigenvalue weighted by molar-refractivity contribution is 9.10. The lowest BCUT2D eigenvalue weighted by Crippen LogP contribution is -2.27. The predicted molar refractivity (Wildman–Crippen MR) is 73.1 cm³/mol. The van der Waals surface area contributed by atoms with Crippen LogP contribution >= 0.6 is 15.9 Å². The molecule has 0 saturated carbocycles. The normalized spacial score (nSPS) is 10.5. The summed E-state index contributed by atoms with van der Waals surface area (Å²) >= 11 is 3.07. The van der Waals surface area contributed by atoms with Crippen LogP contribution in [0.5, 0.6) is 0 Å². The van der Waals surface area contributed by atoms with Gasteiger partial charge in [0.05, 0.1) is 16.2 Å². The maximum Gasteiger partial charge on any atom is 0.256 e. The van der Waals surface area contributed by atoms with Crippen molar-refractivity contribution in [2.75, 3.05) is 7.05 Å². The summed E-state index contributed by atoms with van der Waals surface area (Å²) < 4.78 is 15.8. The molecule has 19 heavy (non-hydrogen) atoms. The lowest BCUT2D eigenvalue weighted by Gasteiger charge is -2.16. The minimum atomic E-state index is -0.537. The van der Waals surface area contributed by atoms with Gasteiger partial charge in [0, 0.05) is 32.4 Å². The van der Waals surface area contributed by atoms with Crippen LogP contribution in [0.3, 0.4) is 0 Å². The number of benzene rings is 1. The average molecular weight is 326 g/mol. The van der Waals surface area contributed by atoms with E-state index in [2.05, 4.69) is 21.0 Å². The molecule has 0 radical (unpaired) electrons. The Bertz CT molecular complexity index is 612. The molecule has 0 aliphatic carbocycles. The highest BCUT2D eigenvalue weighted by Crippen LogP contribution is 2.20. The molecule has 6 heteroatoms. The highest BCUT2D eigenvalue weighted by atomic mass is 79.9. The Morgan fingerprint density at radius 2 is 2.26 bits per heavy atom. The Morgan fingerprint density at radius 3 is 2.89 bits per heavy atom. The van der Waals surface area contributed by atoms with Crippen LogP contribution in [-0.2, 0) is 13.6 Å². The third-order valence-corrected chi connectivity index (χ3v) is 3.32. The highest BCUT2D eigenvalue weighted by Gasteiger charge is 2.18. The van der Waals surface area contributed by atoms with Crippen LogP contribution < -0.4 is 0 Å². The molecule has 100 valence electrons. The first-order valence-electron chi connectivity index (χ1n) is 5.66. The molecule has 1 amide bonds. The molecule has 0 atom stereocenters. The Morgan fingerprint density at radius 1 is 1.53 bits per heavy atom. The summed E-state index contributed by atoms with van der Waals surface area (Å²) in [5.41, 5.74) is 0.953. The molecule has 0 spiro atoms. The van der Waals surface area contributed by atoms with E-state index in [0.29, 0.717) is 6.54 Å². The Labute approximate surface area is 119 Å². The molecule has 2 rings (SSSR count). The first-order valence-corrected chi connectivity index (χ1v) is 6.45. The summed E-state index contributed by atoms with van der Waals surface area (Å²) in [7, 11) is 3.44. The number of carbonyl (C=O) groups is 1. The van der Waals surface area contributed by atoms with E-state index in [4.69, 9.17) is 0 Å². The minimum absolute atomic E-state index is 0.0563. The Kier molecular flexibility index (Phi) is 3.99. The van der Waals surface area contributed by atoms with Crippen molar-refractivity contribution in [1.82, 2.24) is 14.7 Å². The van der Waals surface area contributed by atoms with Gasteiger partial charge in [-0.3, -0.25) is 9.48 Å². The van der Waals surface area contributed by atoms with Crippen LogP contribution in [0.2, 0.25) is 0 Å². The van der Waals surface area contributed by atoms with Gasteiger partial charge in [-0.2, -0.15) is 5.10 Å². The summed E-state index contributed by atoms with van der Waals surface area (Å²) in [6.45, 7) is 0.388. The molecule has 0 unspecified atom stereocenters. The van der Waals surface area contributed by atoms with Gasteiger partial charge in [0.15, 0.2) is 0 Å². The molecular formula is C13H13BrFN3O. The fourth-order valence-electron chi connectivity index (χ4n) is 1.77. The molecule has 0 saturated heterocycles. The molecule has 0 fully saturated rings. The number of hydrogen-bond donors (Lipinski definition) is 0. The quantitative estimate of drug-likeness (QED) is 0.870. The first kappa shape index (κ1) is 13.7. The second-order valence-electron chi connectivity index (χ2n) is 4.28. The van der Waals surface area contributed by atoms with Gasteiger partial charge in [-0.15, -0.1) is 0 Å². The zero-order chi connectivity index (χ0) is 14.0. The fourth-order valence-corrected chi connectivity index (χ4v) is 2.14. The number of aryl methyl sites for hydroxylation is 1. The second-order valence-corrected chi connectivity index (χ2v) is 5.14. The van der Waals surface area contributed by atoms with Gasteiger partial charge in [-0.05, 0) is 28.1 Å².